The van der Waals surface area contributed by atoms with Crippen molar-refractivity contribution in [2.45, 2.75) is 0 Å². The van der Waals surface area contributed by atoms with Crippen molar-refractivity contribution < 1.29 is 9.53 Å². The van der Waals surface area contributed by atoms with Gasteiger partial charge in [-0.2, -0.15) is 0 Å². The smallest absolute Gasteiger partial charge is 0.265 e. The van der Waals surface area contributed by atoms with Gasteiger partial charge >= 0.3 is 0 Å². The second-order valence-electron chi connectivity index (χ2n) is 4.06. The van der Waals surface area contributed by atoms with Crippen LogP contribution in [-0.4, -0.2) is 19.1 Å². The van der Waals surface area contributed by atoms with Crippen LogP contribution in [0.4, 0.5) is 5.69 Å². The van der Waals surface area contributed by atoms with Gasteiger partial charge in [-0.1, -0.05) is 47.3 Å². The summed E-state index contributed by atoms with van der Waals surface area (Å²) in [6, 6.07) is 5.61. The fraction of sp³-hybridized carbons (Fsp3) is 0.133. The molecule has 0 bridgehead atoms. The topological polar surface area (TPSA) is 29.5 Å². The molecule has 1 amide bonds. The van der Waals surface area contributed by atoms with Crippen LogP contribution in [0.15, 0.2) is 59.6 Å². The van der Waals surface area contributed by atoms with Gasteiger partial charge in [-0.3, -0.25) is 4.79 Å². The van der Waals surface area contributed by atoms with E-state index in [2.05, 4.69) is 29.1 Å². The normalized spacial score (nSPS) is 14.7. The molecule has 3 nitrogen and oxygen atoms in total. The average Bonchev–Trinajstić information content (AvgIpc) is 2.41. The lowest BCUT2D eigenvalue weighted by atomic mass is 10.1. The summed E-state index contributed by atoms with van der Waals surface area (Å²) in [7, 11) is 0. The molecule has 19 heavy (non-hydrogen) atoms. The third-order valence-corrected chi connectivity index (χ3v) is 3.29. The van der Waals surface area contributed by atoms with Crippen molar-refractivity contribution >= 4 is 27.5 Å². The van der Waals surface area contributed by atoms with Crippen LogP contribution in [0.1, 0.15) is 0 Å². The third-order valence-electron chi connectivity index (χ3n) is 2.80. The first kappa shape index (κ1) is 13.6. The monoisotopic (exact) mass is 319 g/mol. The molecule has 0 atom stereocenters. The number of amides is 1. The van der Waals surface area contributed by atoms with Gasteiger partial charge in [0.15, 0.2) is 6.61 Å². The third kappa shape index (κ3) is 2.96. The Morgan fingerprint density at radius 2 is 2.26 bits per heavy atom. The first-order valence-corrected chi connectivity index (χ1v) is 6.61. The number of carbonyl (C=O) groups is 1. The molecule has 0 saturated carbocycles. The zero-order valence-corrected chi connectivity index (χ0v) is 12.0. The predicted molar refractivity (Wildman–Crippen MR) is 80.5 cm³/mol. The lowest BCUT2D eigenvalue weighted by molar-refractivity contribution is -0.121. The molecule has 1 aliphatic rings. The maximum atomic E-state index is 12.0. The number of ether oxygens (including phenoxy) is 1. The molecule has 1 aromatic carbocycles. The Bertz CT molecular complexity index is 563. The standard InChI is InChI=1S/C15H14BrNO2/c1-3-5-11(4-2)9-17-13-7-6-12(16)8-14(13)19-10-15(17)18/h3-8H,1-2,9-10H2/b11-5+. The van der Waals surface area contributed by atoms with Gasteiger partial charge in [0.2, 0.25) is 0 Å². The van der Waals surface area contributed by atoms with Gasteiger partial charge < -0.3 is 9.64 Å². The lowest BCUT2D eigenvalue weighted by Gasteiger charge is -2.29. The molecule has 0 saturated heterocycles. The summed E-state index contributed by atoms with van der Waals surface area (Å²) in [5, 5.41) is 0. The first-order valence-electron chi connectivity index (χ1n) is 5.82. The number of fused-ring (bicyclic) bond motifs is 1. The van der Waals surface area contributed by atoms with Crippen LogP contribution in [0.2, 0.25) is 0 Å². The predicted octanol–water partition coefficient (Wildman–Crippen LogP) is 3.47. The minimum Gasteiger partial charge on any atom is -0.482 e. The number of nitrogens with zero attached hydrogens (tertiary/aromatic N) is 1. The Labute approximate surface area is 121 Å². The van der Waals surface area contributed by atoms with E-state index in [0.29, 0.717) is 12.3 Å². The number of carbonyl (C=O) groups excluding carboxylic acids is 1. The summed E-state index contributed by atoms with van der Waals surface area (Å²) >= 11 is 3.39. The minimum atomic E-state index is -0.0633. The van der Waals surface area contributed by atoms with E-state index in [0.717, 1.165) is 15.7 Å². The largest absolute Gasteiger partial charge is 0.482 e. The van der Waals surface area contributed by atoms with Crippen LogP contribution in [-0.2, 0) is 4.79 Å². The zero-order valence-electron chi connectivity index (χ0n) is 10.4. The highest BCUT2D eigenvalue weighted by Gasteiger charge is 2.25. The average molecular weight is 320 g/mol. The van der Waals surface area contributed by atoms with Gasteiger partial charge in [-0.05, 0) is 23.8 Å². The van der Waals surface area contributed by atoms with Crippen LogP contribution >= 0.6 is 15.9 Å². The maximum absolute atomic E-state index is 12.0. The molecule has 98 valence electrons. The minimum absolute atomic E-state index is 0.0575. The number of halogens is 1. The molecule has 0 aliphatic carbocycles. The molecule has 1 aromatic rings. The summed E-state index contributed by atoms with van der Waals surface area (Å²) in [6.07, 6.45) is 5.25. The Morgan fingerprint density at radius 3 is 2.95 bits per heavy atom. The van der Waals surface area contributed by atoms with E-state index in [9.17, 15) is 4.79 Å². The molecule has 4 heteroatoms. The van der Waals surface area contributed by atoms with Crippen molar-refractivity contribution in [1.82, 2.24) is 0 Å². The summed E-state index contributed by atoms with van der Waals surface area (Å²) in [6.45, 7) is 7.93. The fourth-order valence-electron chi connectivity index (χ4n) is 1.87. The molecule has 0 N–H and O–H groups in total. The highest BCUT2D eigenvalue weighted by atomic mass is 79.9. The second kappa shape index (κ2) is 5.89. The van der Waals surface area contributed by atoms with Gasteiger partial charge in [0.25, 0.3) is 5.91 Å². The SMILES string of the molecule is C=C/C=C(\C=C)CN1C(=O)COc2cc(Br)ccc21. The summed E-state index contributed by atoms with van der Waals surface area (Å²) in [5.41, 5.74) is 1.70. The quantitative estimate of drug-likeness (QED) is 0.795. The van der Waals surface area contributed by atoms with E-state index in [1.165, 1.54) is 0 Å². The Kier molecular flexibility index (Phi) is 4.22. The molecule has 0 radical (unpaired) electrons. The fourth-order valence-corrected chi connectivity index (χ4v) is 2.21. The highest BCUT2D eigenvalue weighted by Crippen LogP contribution is 2.34. The van der Waals surface area contributed by atoms with Crippen molar-refractivity contribution in [1.29, 1.82) is 0 Å². The number of hydrogen-bond donors (Lipinski definition) is 0. The van der Waals surface area contributed by atoms with Gasteiger partial charge in [0.05, 0.1) is 12.2 Å². The molecule has 0 fully saturated rings. The van der Waals surface area contributed by atoms with E-state index in [4.69, 9.17) is 4.74 Å². The van der Waals surface area contributed by atoms with E-state index in [1.54, 1.807) is 17.1 Å². The van der Waals surface area contributed by atoms with Crippen molar-refractivity contribution in [3.63, 3.8) is 0 Å². The van der Waals surface area contributed by atoms with Crippen LogP contribution in [0.3, 0.4) is 0 Å². The number of hydrogen-bond acceptors (Lipinski definition) is 2. The summed E-state index contributed by atoms with van der Waals surface area (Å²) in [5.74, 6) is 0.641. The molecule has 2 rings (SSSR count). The van der Waals surface area contributed by atoms with Crippen molar-refractivity contribution in [3.8, 4) is 5.75 Å². The Balaban J connectivity index is 2.35. The van der Waals surface area contributed by atoms with E-state index in [1.807, 2.05) is 24.3 Å². The van der Waals surface area contributed by atoms with Crippen LogP contribution in [0, 0.1) is 0 Å². The van der Waals surface area contributed by atoms with Gasteiger partial charge in [-0.15, -0.1) is 0 Å². The number of rotatable bonds is 4. The molecule has 0 aromatic heterocycles. The van der Waals surface area contributed by atoms with E-state index < -0.39 is 0 Å². The first-order chi connectivity index (χ1) is 9.15. The number of allylic oxidation sites excluding steroid dienone is 2. The maximum Gasteiger partial charge on any atom is 0.265 e. The highest BCUT2D eigenvalue weighted by molar-refractivity contribution is 9.10. The summed E-state index contributed by atoms with van der Waals surface area (Å²) < 4.78 is 6.36. The van der Waals surface area contributed by atoms with Crippen molar-refractivity contribution in [2.75, 3.05) is 18.1 Å². The summed E-state index contributed by atoms with van der Waals surface area (Å²) in [4.78, 5) is 13.7. The van der Waals surface area contributed by atoms with Crippen molar-refractivity contribution in [2.24, 2.45) is 0 Å². The molecular formula is C15H14BrNO2. The Morgan fingerprint density at radius 1 is 1.47 bits per heavy atom. The second-order valence-corrected chi connectivity index (χ2v) is 4.98. The van der Waals surface area contributed by atoms with E-state index in [-0.39, 0.29) is 12.5 Å². The lowest BCUT2D eigenvalue weighted by Crippen LogP contribution is -2.39. The van der Waals surface area contributed by atoms with Crippen LogP contribution in [0.25, 0.3) is 0 Å². The van der Waals surface area contributed by atoms with Crippen LogP contribution < -0.4 is 9.64 Å². The number of benzene rings is 1. The zero-order chi connectivity index (χ0) is 13.8. The Hall–Kier alpha value is -1.81. The van der Waals surface area contributed by atoms with Crippen LogP contribution in [0.5, 0.6) is 5.75 Å². The molecular weight excluding hydrogens is 306 g/mol. The van der Waals surface area contributed by atoms with Gasteiger partial charge in [-0.25, -0.2) is 0 Å². The molecule has 1 heterocycles. The van der Waals surface area contributed by atoms with Gasteiger partial charge in [0.1, 0.15) is 5.75 Å². The number of anilines is 1. The van der Waals surface area contributed by atoms with Gasteiger partial charge in [0, 0.05) is 4.47 Å². The molecule has 1 aliphatic heterocycles. The molecule has 0 spiro atoms. The molecule has 0 unspecified atom stereocenters. The van der Waals surface area contributed by atoms with Crippen molar-refractivity contribution in [3.05, 3.63) is 59.6 Å². The van der Waals surface area contributed by atoms with E-state index >= 15 is 0 Å².